The molecule has 0 spiro atoms. The Balaban J connectivity index is 0.00000240. The van der Waals surface area contributed by atoms with Crippen LogP contribution in [0.15, 0.2) is 60.9 Å². The Morgan fingerprint density at radius 1 is 0.724 bits per heavy atom. The fourth-order valence-corrected chi connectivity index (χ4v) is 3.75. The van der Waals surface area contributed by atoms with Crippen molar-refractivity contribution in [1.82, 2.24) is 9.97 Å². The second-order valence-electron chi connectivity index (χ2n) is 6.91. The van der Waals surface area contributed by atoms with Crippen LogP contribution in [0.1, 0.15) is 27.3 Å². The van der Waals surface area contributed by atoms with Crippen LogP contribution >= 0.6 is 12.4 Å². The summed E-state index contributed by atoms with van der Waals surface area (Å²) in [5.74, 6) is -0.0637. The average molecular weight is 407 g/mol. The number of carbonyl (C=O) groups is 1. The molecule has 0 aliphatic carbocycles. The number of aromatic nitrogens is 2. The topological polar surface area (TPSA) is 101 Å². The van der Waals surface area contributed by atoms with E-state index < -0.39 is 0 Å². The first kappa shape index (κ1) is 20.3. The van der Waals surface area contributed by atoms with Crippen molar-refractivity contribution < 1.29 is 4.79 Å². The standard InChI is InChI=1S/C23H22N4O.ClH/c1-13-21(19(24)11-26-13)15-7-3-5-9-17(15)23(28)18-10-6-4-8-16(18)22-14(2)27-12-20(22)25;/h3-12,26-27H,24-25H2,1-2H3;1H. The lowest BCUT2D eigenvalue weighted by Crippen LogP contribution is -2.06. The lowest BCUT2D eigenvalue weighted by molar-refractivity contribution is 0.104. The number of benzene rings is 2. The molecule has 0 amide bonds. The molecule has 4 aromatic rings. The van der Waals surface area contributed by atoms with Crippen molar-refractivity contribution in [3.8, 4) is 22.3 Å². The predicted octanol–water partition coefficient (Wildman–Crippen LogP) is 5.11. The van der Waals surface area contributed by atoms with E-state index in [-0.39, 0.29) is 18.2 Å². The summed E-state index contributed by atoms with van der Waals surface area (Å²) in [6, 6.07) is 15.1. The van der Waals surface area contributed by atoms with Crippen LogP contribution < -0.4 is 11.5 Å². The van der Waals surface area contributed by atoms with E-state index in [4.69, 9.17) is 11.5 Å². The summed E-state index contributed by atoms with van der Waals surface area (Å²) < 4.78 is 0. The van der Waals surface area contributed by atoms with Gasteiger partial charge in [-0.25, -0.2) is 0 Å². The van der Waals surface area contributed by atoms with E-state index in [0.29, 0.717) is 22.5 Å². The number of hydrogen-bond acceptors (Lipinski definition) is 3. The van der Waals surface area contributed by atoms with Gasteiger partial charge in [-0.15, -0.1) is 12.4 Å². The highest BCUT2D eigenvalue weighted by Crippen LogP contribution is 2.36. The summed E-state index contributed by atoms with van der Waals surface area (Å²) in [5.41, 5.74) is 20.0. The number of aromatic amines is 2. The van der Waals surface area contributed by atoms with Gasteiger partial charge in [0.25, 0.3) is 0 Å². The van der Waals surface area contributed by atoms with Gasteiger partial charge in [0.2, 0.25) is 0 Å². The minimum atomic E-state index is -0.0637. The van der Waals surface area contributed by atoms with Gasteiger partial charge in [-0.2, -0.15) is 0 Å². The number of halogens is 1. The number of anilines is 2. The van der Waals surface area contributed by atoms with Crippen molar-refractivity contribution in [2.75, 3.05) is 11.5 Å². The van der Waals surface area contributed by atoms with Crippen LogP contribution in [0.2, 0.25) is 0 Å². The van der Waals surface area contributed by atoms with E-state index in [1.165, 1.54) is 0 Å². The van der Waals surface area contributed by atoms with Gasteiger partial charge in [0.15, 0.2) is 5.78 Å². The number of ketones is 1. The van der Waals surface area contributed by atoms with Crippen LogP contribution in [0.3, 0.4) is 0 Å². The molecule has 2 aromatic heterocycles. The van der Waals surface area contributed by atoms with Gasteiger partial charge >= 0.3 is 0 Å². The van der Waals surface area contributed by atoms with Gasteiger partial charge in [-0.05, 0) is 25.0 Å². The summed E-state index contributed by atoms with van der Waals surface area (Å²) in [6.07, 6.45) is 3.51. The first-order valence-corrected chi connectivity index (χ1v) is 9.09. The molecule has 0 unspecified atom stereocenters. The van der Waals surface area contributed by atoms with E-state index in [1.54, 1.807) is 12.4 Å². The highest BCUT2D eigenvalue weighted by atomic mass is 35.5. The van der Waals surface area contributed by atoms with E-state index in [0.717, 1.165) is 33.6 Å². The number of carbonyl (C=O) groups excluding carboxylic acids is 1. The third kappa shape index (κ3) is 3.41. The quantitative estimate of drug-likeness (QED) is 0.354. The minimum absolute atomic E-state index is 0. The van der Waals surface area contributed by atoms with Crippen molar-refractivity contribution >= 4 is 29.6 Å². The van der Waals surface area contributed by atoms with Gasteiger partial charge in [-0.1, -0.05) is 48.5 Å². The van der Waals surface area contributed by atoms with Crippen LogP contribution in [-0.4, -0.2) is 15.8 Å². The highest BCUT2D eigenvalue weighted by Gasteiger charge is 2.22. The Morgan fingerprint density at radius 2 is 1.10 bits per heavy atom. The number of nitrogens with two attached hydrogens (primary N) is 2. The molecular formula is C23H23ClN4O. The van der Waals surface area contributed by atoms with Crippen molar-refractivity contribution in [3.63, 3.8) is 0 Å². The Kier molecular flexibility index (Phi) is 5.52. The molecule has 0 atom stereocenters. The molecule has 0 aliphatic rings. The zero-order valence-corrected chi connectivity index (χ0v) is 17.1. The molecule has 29 heavy (non-hydrogen) atoms. The summed E-state index contributed by atoms with van der Waals surface area (Å²) in [5, 5.41) is 0. The average Bonchev–Trinajstić information content (AvgIpc) is 3.22. The Labute approximate surface area is 175 Å². The van der Waals surface area contributed by atoms with Crippen LogP contribution in [0.4, 0.5) is 11.4 Å². The number of H-pyrrole nitrogens is 2. The van der Waals surface area contributed by atoms with Crippen molar-refractivity contribution in [3.05, 3.63) is 83.4 Å². The summed E-state index contributed by atoms with van der Waals surface area (Å²) in [6.45, 7) is 3.90. The number of nitrogens with one attached hydrogen (secondary N) is 2. The highest BCUT2D eigenvalue weighted by molar-refractivity contribution is 6.17. The summed E-state index contributed by atoms with van der Waals surface area (Å²) in [7, 11) is 0. The molecule has 148 valence electrons. The molecule has 0 bridgehead atoms. The lowest BCUT2D eigenvalue weighted by atomic mass is 9.89. The van der Waals surface area contributed by atoms with Crippen LogP contribution in [0, 0.1) is 13.8 Å². The molecule has 6 heteroatoms. The largest absolute Gasteiger partial charge is 0.397 e. The zero-order chi connectivity index (χ0) is 19.8. The van der Waals surface area contributed by atoms with Crippen LogP contribution in [-0.2, 0) is 0 Å². The van der Waals surface area contributed by atoms with Gasteiger partial charge in [0.05, 0.1) is 11.4 Å². The first-order valence-electron chi connectivity index (χ1n) is 9.09. The summed E-state index contributed by atoms with van der Waals surface area (Å²) in [4.78, 5) is 19.9. The molecule has 0 fully saturated rings. The Hall–Kier alpha value is -3.44. The number of aryl methyl sites for hydroxylation is 2. The smallest absolute Gasteiger partial charge is 0.194 e. The van der Waals surface area contributed by atoms with Gasteiger partial charge in [-0.3, -0.25) is 4.79 Å². The van der Waals surface area contributed by atoms with Crippen molar-refractivity contribution in [2.24, 2.45) is 0 Å². The molecular weight excluding hydrogens is 384 g/mol. The number of nitrogen functional groups attached to an aromatic ring is 2. The van der Waals surface area contributed by atoms with Crippen molar-refractivity contribution in [1.29, 1.82) is 0 Å². The maximum absolute atomic E-state index is 13.6. The van der Waals surface area contributed by atoms with E-state index >= 15 is 0 Å². The third-order valence-corrected chi connectivity index (χ3v) is 5.10. The third-order valence-electron chi connectivity index (χ3n) is 5.10. The normalized spacial score (nSPS) is 10.6. The van der Waals surface area contributed by atoms with Crippen molar-refractivity contribution in [2.45, 2.75) is 13.8 Å². The van der Waals surface area contributed by atoms with E-state index in [1.807, 2.05) is 62.4 Å². The molecule has 0 radical (unpaired) electrons. The fraction of sp³-hybridized carbons (Fsp3) is 0.0870. The Morgan fingerprint density at radius 3 is 1.45 bits per heavy atom. The fourth-order valence-electron chi connectivity index (χ4n) is 3.75. The van der Waals surface area contributed by atoms with Gasteiger partial charge in [0, 0.05) is 46.0 Å². The SMILES string of the molecule is Cc1[nH]cc(N)c1-c1ccccc1C(=O)c1ccccc1-c1c(N)c[nH]c1C.Cl. The van der Waals surface area contributed by atoms with Crippen LogP contribution in [0.5, 0.6) is 0 Å². The van der Waals surface area contributed by atoms with Gasteiger partial charge in [0.1, 0.15) is 0 Å². The predicted molar refractivity (Wildman–Crippen MR) is 121 cm³/mol. The molecule has 0 saturated heterocycles. The molecule has 0 saturated carbocycles. The number of hydrogen-bond donors (Lipinski definition) is 4. The van der Waals surface area contributed by atoms with E-state index in [2.05, 4.69) is 9.97 Å². The second-order valence-corrected chi connectivity index (χ2v) is 6.91. The molecule has 0 aliphatic heterocycles. The molecule has 4 rings (SSSR count). The molecule has 5 nitrogen and oxygen atoms in total. The first-order chi connectivity index (χ1) is 13.5. The van der Waals surface area contributed by atoms with Crippen LogP contribution in [0.25, 0.3) is 22.3 Å². The molecule has 2 heterocycles. The minimum Gasteiger partial charge on any atom is -0.397 e. The molecule has 6 N–H and O–H groups in total. The monoisotopic (exact) mass is 406 g/mol. The lowest BCUT2D eigenvalue weighted by Gasteiger charge is -2.13. The Bertz CT molecular complexity index is 1060. The second kappa shape index (κ2) is 7.89. The molecule has 2 aromatic carbocycles. The zero-order valence-electron chi connectivity index (χ0n) is 16.2. The maximum atomic E-state index is 13.6. The van der Waals surface area contributed by atoms with Gasteiger partial charge < -0.3 is 21.4 Å². The maximum Gasteiger partial charge on any atom is 0.194 e. The summed E-state index contributed by atoms with van der Waals surface area (Å²) >= 11 is 0. The van der Waals surface area contributed by atoms with E-state index in [9.17, 15) is 4.79 Å². The number of rotatable bonds is 4.